The van der Waals surface area contributed by atoms with Gasteiger partial charge in [0.2, 0.25) is 10.0 Å². The third-order valence-corrected chi connectivity index (χ3v) is 4.42. The first-order valence-corrected chi connectivity index (χ1v) is 7.44. The monoisotopic (exact) mass is 285 g/mol. The number of phenolic OH excluding ortho intramolecular Hbond substituents is 2. The predicted molar refractivity (Wildman–Crippen MR) is 74.8 cm³/mol. The zero-order valence-electron chi connectivity index (χ0n) is 11.0. The van der Waals surface area contributed by atoms with Crippen LogP contribution in [0.2, 0.25) is 0 Å². The molecule has 0 radical (unpaired) electrons. The minimum Gasteiger partial charge on any atom is -0.508 e. The molecule has 0 bridgehead atoms. The van der Waals surface area contributed by atoms with Crippen LogP contribution in [0.5, 0.6) is 11.5 Å². The predicted octanol–water partition coefficient (Wildman–Crippen LogP) is 1.48. The molecule has 3 N–H and O–H groups in total. The van der Waals surface area contributed by atoms with E-state index in [0.29, 0.717) is 5.56 Å². The van der Waals surface area contributed by atoms with Crippen molar-refractivity contribution < 1.29 is 18.6 Å². The Hall–Kier alpha value is -1.53. The van der Waals surface area contributed by atoms with Gasteiger partial charge < -0.3 is 10.2 Å². The average Bonchev–Trinajstić information content (AvgIpc) is 2.24. The van der Waals surface area contributed by atoms with Gasteiger partial charge in [0.05, 0.1) is 5.75 Å². The molecule has 1 aromatic carbocycles. The van der Waals surface area contributed by atoms with Crippen LogP contribution in [0.4, 0.5) is 0 Å². The number of sulfonamides is 1. The van der Waals surface area contributed by atoms with Crippen molar-refractivity contribution in [3.63, 3.8) is 0 Å². The lowest BCUT2D eigenvalue weighted by Gasteiger charge is -2.25. The smallest absolute Gasteiger partial charge is 0.212 e. The molecular weight excluding hydrogens is 266 g/mol. The van der Waals surface area contributed by atoms with E-state index in [4.69, 9.17) is 0 Å². The fraction of sp³-hybridized carbons (Fsp3) is 0.385. The van der Waals surface area contributed by atoms with Gasteiger partial charge in [0.25, 0.3) is 0 Å². The summed E-state index contributed by atoms with van der Waals surface area (Å²) in [7, 11) is -3.47. The lowest BCUT2D eigenvalue weighted by Crippen LogP contribution is -2.36. The Morgan fingerprint density at radius 3 is 2.53 bits per heavy atom. The van der Waals surface area contributed by atoms with Gasteiger partial charge in [-0.1, -0.05) is 26.0 Å². The summed E-state index contributed by atoms with van der Waals surface area (Å²) >= 11 is 0. The summed E-state index contributed by atoms with van der Waals surface area (Å²) in [6.07, 6.45) is 1.46. The second-order valence-corrected chi connectivity index (χ2v) is 6.79. The van der Waals surface area contributed by atoms with Gasteiger partial charge in [0, 0.05) is 23.6 Å². The van der Waals surface area contributed by atoms with Gasteiger partial charge in [0.1, 0.15) is 11.5 Å². The molecule has 0 spiro atoms. The van der Waals surface area contributed by atoms with Gasteiger partial charge in [-0.3, -0.25) is 0 Å². The van der Waals surface area contributed by atoms with Crippen LogP contribution in [-0.4, -0.2) is 30.9 Å². The number of benzene rings is 1. The van der Waals surface area contributed by atoms with Crippen LogP contribution in [0.1, 0.15) is 19.4 Å². The summed E-state index contributed by atoms with van der Waals surface area (Å²) in [5.41, 5.74) is -0.320. The van der Waals surface area contributed by atoms with Crippen molar-refractivity contribution in [1.82, 2.24) is 4.72 Å². The summed E-state index contributed by atoms with van der Waals surface area (Å²) < 4.78 is 26.1. The Morgan fingerprint density at radius 2 is 2.00 bits per heavy atom. The second kappa shape index (κ2) is 5.63. The van der Waals surface area contributed by atoms with Crippen molar-refractivity contribution >= 4 is 10.0 Å². The fourth-order valence-electron chi connectivity index (χ4n) is 1.88. The molecule has 0 aliphatic carbocycles. The molecule has 0 atom stereocenters. The van der Waals surface area contributed by atoms with Crippen LogP contribution in [0.25, 0.3) is 0 Å². The standard InChI is InChI=1S/C13H19NO4S/c1-4-7-14-19(17,18)9-13(2,3)11-6-5-10(15)8-12(11)16/h4-6,8,14-16H,1,7,9H2,2-3H3. The molecule has 0 aromatic heterocycles. The SMILES string of the molecule is C=CCNS(=O)(=O)CC(C)(C)c1ccc(O)cc1O. The molecule has 0 saturated carbocycles. The normalized spacial score (nSPS) is 12.3. The van der Waals surface area contributed by atoms with Gasteiger partial charge in [-0.25, -0.2) is 13.1 Å². The van der Waals surface area contributed by atoms with Gasteiger partial charge >= 0.3 is 0 Å². The summed E-state index contributed by atoms with van der Waals surface area (Å²) in [5.74, 6) is -0.361. The summed E-state index contributed by atoms with van der Waals surface area (Å²) in [5, 5.41) is 19.1. The van der Waals surface area contributed by atoms with E-state index >= 15 is 0 Å². The van der Waals surface area contributed by atoms with Gasteiger partial charge in [-0.2, -0.15) is 0 Å². The largest absolute Gasteiger partial charge is 0.508 e. The van der Waals surface area contributed by atoms with Crippen molar-refractivity contribution in [1.29, 1.82) is 0 Å². The first-order valence-electron chi connectivity index (χ1n) is 5.78. The first kappa shape index (κ1) is 15.5. The third-order valence-electron chi connectivity index (χ3n) is 2.71. The summed E-state index contributed by atoms with van der Waals surface area (Å²) in [6, 6.07) is 4.13. The van der Waals surface area contributed by atoms with Crippen molar-refractivity contribution in [2.75, 3.05) is 12.3 Å². The number of rotatable bonds is 6. The molecule has 1 rings (SSSR count). The number of nitrogens with one attached hydrogen (secondary N) is 1. The second-order valence-electron chi connectivity index (χ2n) is 4.98. The van der Waals surface area contributed by atoms with E-state index in [2.05, 4.69) is 11.3 Å². The first-order chi connectivity index (χ1) is 8.68. The summed E-state index contributed by atoms with van der Waals surface area (Å²) in [6.45, 7) is 7.04. The van der Waals surface area contributed by atoms with Crippen LogP contribution in [-0.2, 0) is 15.4 Å². The highest BCUT2D eigenvalue weighted by molar-refractivity contribution is 7.89. The zero-order chi connectivity index (χ0) is 14.7. The minimum atomic E-state index is -3.47. The Labute approximate surface area is 113 Å². The molecule has 106 valence electrons. The lowest BCUT2D eigenvalue weighted by molar-refractivity contribution is 0.431. The van der Waals surface area contributed by atoms with E-state index in [1.54, 1.807) is 13.8 Å². The van der Waals surface area contributed by atoms with Crippen molar-refractivity contribution in [2.24, 2.45) is 0 Å². The van der Waals surface area contributed by atoms with Gasteiger partial charge in [-0.05, 0) is 6.07 Å². The Morgan fingerprint density at radius 1 is 1.37 bits per heavy atom. The molecule has 1 aromatic rings. The molecule has 0 unspecified atom stereocenters. The number of hydrogen-bond acceptors (Lipinski definition) is 4. The maximum absolute atomic E-state index is 11.9. The molecule has 19 heavy (non-hydrogen) atoms. The van der Waals surface area contributed by atoms with Gasteiger partial charge in [0.15, 0.2) is 0 Å². The molecule has 0 aliphatic rings. The maximum atomic E-state index is 11.9. The van der Waals surface area contributed by atoms with E-state index in [9.17, 15) is 18.6 Å². The van der Waals surface area contributed by atoms with E-state index in [1.165, 1.54) is 24.3 Å². The van der Waals surface area contributed by atoms with E-state index in [1.807, 2.05) is 0 Å². The number of aromatic hydroxyl groups is 2. The lowest BCUT2D eigenvalue weighted by atomic mass is 9.86. The highest BCUT2D eigenvalue weighted by atomic mass is 32.2. The van der Waals surface area contributed by atoms with E-state index in [0.717, 1.165) is 0 Å². The van der Waals surface area contributed by atoms with Crippen molar-refractivity contribution in [2.45, 2.75) is 19.3 Å². The van der Waals surface area contributed by atoms with E-state index < -0.39 is 15.4 Å². The molecule has 0 fully saturated rings. The van der Waals surface area contributed by atoms with Crippen molar-refractivity contribution in [3.8, 4) is 11.5 Å². The number of phenols is 2. The highest BCUT2D eigenvalue weighted by Gasteiger charge is 2.30. The third kappa shape index (κ3) is 4.25. The molecule has 5 nitrogen and oxygen atoms in total. The Kier molecular flexibility index (Phi) is 4.60. The van der Waals surface area contributed by atoms with E-state index in [-0.39, 0.29) is 23.8 Å². The molecular formula is C13H19NO4S. The molecule has 6 heteroatoms. The average molecular weight is 285 g/mol. The molecule has 0 amide bonds. The topological polar surface area (TPSA) is 86.6 Å². The molecule has 0 aliphatic heterocycles. The number of hydrogen-bond donors (Lipinski definition) is 3. The zero-order valence-corrected chi connectivity index (χ0v) is 11.9. The van der Waals surface area contributed by atoms with Crippen LogP contribution >= 0.6 is 0 Å². The molecule has 0 saturated heterocycles. The van der Waals surface area contributed by atoms with Gasteiger partial charge in [-0.15, -0.1) is 6.58 Å². The van der Waals surface area contributed by atoms with Crippen LogP contribution < -0.4 is 4.72 Å². The highest BCUT2D eigenvalue weighted by Crippen LogP contribution is 2.34. The minimum absolute atomic E-state index is 0.0651. The summed E-state index contributed by atoms with van der Waals surface area (Å²) in [4.78, 5) is 0. The quantitative estimate of drug-likeness (QED) is 0.691. The van der Waals surface area contributed by atoms with Crippen LogP contribution in [0.15, 0.2) is 30.9 Å². The van der Waals surface area contributed by atoms with Crippen LogP contribution in [0, 0.1) is 0 Å². The van der Waals surface area contributed by atoms with Crippen molar-refractivity contribution in [3.05, 3.63) is 36.4 Å². The Balaban J connectivity index is 3.00. The maximum Gasteiger partial charge on any atom is 0.212 e. The van der Waals surface area contributed by atoms with Crippen LogP contribution in [0.3, 0.4) is 0 Å². The fourth-order valence-corrected chi connectivity index (χ4v) is 3.46. The molecule has 0 heterocycles. The Bertz CT molecular complexity index is 564.